The summed E-state index contributed by atoms with van der Waals surface area (Å²) >= 11 is 0. The van der Waals surface area contributed by atoms with Gasteiger partial charge in [-0.15, -0.1) is 0 Å². The average Bonchev–Trinajstić information content (AvgIpc) is 3.36. The zero-order valence-corrected chi connectivity index (χ0v) is 18.8. The summed E-state index contributed by atoms with van der Waals surface area (Å²) in [5, 5.41) is 7.11. The van der Waals surface area contributed by atoms with E-state index in [4.69, 9.17) is 14.0 Å². The van der Waals surface area contributed by atoms with Crippen molar-refractivity contribution in [3.8, 4) is 22.8 Å². The van der Waals surface area contributed by atoms with E-state index in [-0.39, 0.29) is 18.2 Å². The third-order valence-corrected chi connectivity index (χ3v) is 5.89. The standard InChI is InChI=1S/C28H26N2O4/c31-28(29-14-13-24(20-7-3-1-4-8-20)21-9-5-2-6-10-21)19-23-18-26(34-30-23)22-11-12-25-27(17-22)33-16-15-32-25/h1-12,17-18,24H,13-16,19H2,(H,29,31). The minimum absolute atomic E-state index is 0.0816. The van der Waals surface area contributed by atoms with E-state index in [2.05, 4.69) is 34.7 Å². The Bertz CT molecular complexity index is 1200. The number of nitrogens with one attached hydrogen (secondary N) is 1. The van der Waals surface area contributed by atoms with Crippen molar-refractivity contribution in [2.24, 2.45) is 0 Å². The smallest absolute Gasteiger partial charge is 0.226 e. The van der Waals surface area contributed by atoms with Crippen molar-refractivity contribution in [3.63, 3.8) is 0 Å². The lowest BCUT2D eigenvalue weighted by molar-refractivity contribution is -0.120. The quantitative estimate of drug-likeness (QED) is 0.406. The summed E-state index contributed by atoms with van der Waals surface area (Å²) in [7, 11) is 0. The first-order chi connectivity index (χ1) is 16.8. The number of nitrogens with zero attached hydrogens (tertiary/aromatic N) is 1. The zero-order chi connectivity index (χ0) is 23.2. The predicted octanol–water partition coefficient (Wildman–Crippen LogP) is 4.99. The van der Waals surface area contributed by atoms with Gasteiger partial charge in [-0.1, -0.05) is 65.8 Å². The number of amides is 1. The van der Waals surface area contributed by atoms with Gasteiger partial charge < -0.3 is 19.3 Å². The van der Waals surface area contributed by atoms with Crippen molar-refractivity contribution in [1.82, 2.24) is 10.5 Å². The second-order valence-electron chi connectivity index (χ2n) is 8.23. The summed E-state index contributed by atoms with van der Waals surface area (Å²) in [6.45, 7) is 1.64. The fraction of sp³-hybridized carbons (Fsp3) is 0.214. The molecule has 2 heterocycles. The number of benzene rings is 3. The second-order valence-corrected chi connectivity index (χ2v) is 8.23. The highest BCUT2D eigenvalue weighted by Crippen LogP contribution is 2.34. The number of fused-ring (bicyclic) bond motifs is 1. The van der Waals surface area contributed by atoms with Gasteiger partial charge in [-0.3, -0.25) is 4.79 Å². The molecular formula is C28H26N2O4. The molecule has 0 saturated heterocycles. The Hall–Kier alpha value is -4.06. The van der Waals surface area contributed by atoms with Crippen LogP contribution >= 0.6 is 0 Å². The fourth-order valence-corrected chi connectivity index (χ4v) is 4.21. The molecule has 5 rings (SSSR count). The molecule has 1 aliphatic rings. The lowest BCUT2D eigenvalue weighted by atomic mass is 9.88. The van der Waals surface area contributed by atoms with E-state index in [0.717, 1.165) is 17.7 Å². The zero-order valence-electron chi connectivity index (χ0n) is 18.8. The number of rotatable bonds is 8. The summed E-state index contributed by atoms with van der Waals surface area (Å²) in [4.78, 5) is 12.6. The molecule has 4 aromatic rings. The van der Waals surface area contributed by atoms with Gasteiger partial charge >= 0.3 is 0 Å². The lowest BCUT2D eigenvalue weighted by Gasteiger charge is -2.18. The third-order valence-electron chi connectivity index (χ3n) is 5.89. The van der Waals surface area contributed by atoms with Crippen molar-refractivity contribution in [1.29, 1.82) is 0 Å². The summed E-state index contributed by atoms with van der Waals surface area (Å²) in [5.74, 6) is 2.13. The Kier molecular flexibility index (Phi) is 6.56. The molecule has 6 nitrogen and oxygen atoms in total. The monoisotopic (exact) mass is 454 g/mol. The molecule has 0 unspecified atom stereocenters. The predicted molar refractivity (Wildman–Crippen MR) is 129 cm³/mol. The molecule has 0 bridgehead atoms. The normalized spacial score (nSPS) is 12.5. The second kappa shape index (κ2) is 10.3. The Morgan fingerprint density at radius 3 is 2.24 bits per heavy atom. The number of carbonyl (C=O) groups is 1. The number of hydrogen-bond donors (Lipinski definition) is 1. The van der Waals surface area contributed by atoms with Crippen LogP contribution in [0.1, 0.15) is 29.2 Å². The Morgan fingerprint density at radius 2 is 1.53 bits per heavy atom. The molecule has 0 saturated carbocycles. The van der Waals surface area contributed by atoms with E-state index in [0.29, 0.717) is 37.0 Å². The lowest BCUT2D eigenvalue weighted by Crippen LogP contribution is -2.27. The van der Waals surface area contributed by atoms with Gasteiger partial charge in [0.05, 0.1) is 12.1 Å². The van der Waals surface area contributed by atoms with Gasteiger partial charge in [-0.2, -0.15) is 0 Å². The van der Waals surface area contributed by atoms with Crippen molar-refractivity contribution in [2.75, 3.05) is 19.8 Å². The van der Waals surface area contributed by atoms with Crippen LogP contribution in [0.25, 0.3) is 11.3 Å². The maximum atomic E-state index is 12.6. The van der Waals surface area contributed by atoms with Gasteiger partial charge in [0.1, 0.15) is 13.2 Å². The molecule has 1 amide bonds. The van der Waals surface area contributed by atoms with Crippen molar-refractivity contribution in [2.45, 2.75) is 18.8 Å². The molecule has 1 N–H and O–H groups in total. The van der Waals surface area contributed by atoms with Crippen LogP contribution in [0.15, 0.2) is 89.5 Å². The van der Waals surface area contributed by atoms with Gasteiger partial charge in [0.15, 0.2) is 17.3 Å². The number of aromatic nitrogens is 1. The maximum absolute atomic E-state index is 12.6. The van der Waals surface area contributed by atoms with Crippen molar-refractivity contribution >= 4 is 5.91 Å². The van der Waals surface area contributed by atoms with E-state index in [9.17, 15) is 4.79 Å². The largest absolute Gasteiger partial charge is 0.486 e. The molecule has 0 aliphatic carbocycles. The van der Waals surface area contributed by atoms with Crippen LogP contribution in [-0.4, -0.2) is 30.8 Å². The molecular weight excluding hydrogens is 428 g/mol. The molecule has 3 aromatic carbocycles. The molecule has 172 valence electrons. The Balaban J connectivity index is 1.18. The van der Waals surface area contributed by atoms with E-state index in [1.807, 2.05) is 54.6 Å². The van der Waals surface area contributed by atoms with Crippen LogP contribution in [0, 0.1) is 0 Å². The topological polar surface area (TPSA) is 73.6 Å². The average molecular weight is 455 g/mol. The molecule has 1 aliphatic heterocycles. The van der Waals surface area contributed by atoms with Crippen LogP contribution in [0.3, 0.4) is 0 Å². The van der Waals surface area contributed by atoms with Crippen LogP contribution in [0.2, 0.25) is 0 Å². The SMILES string of the molecule is O=C(Cc1cc(-c2ccc3c(c2)OCCO3)on1)NCCC(c1ccccc1)c1ccccc1. The maximum Gasteiger partial charge on any atom is 0.226 e. The van der Waals surface area contributed by atoms with Crippen LogP contribution in [0.5, 0.6) is 11.5 Å². The minimum Gasteiger partial charge on any atom is -0.486 e. The highest BCUT2D eigenvalue weighted by atomic mass is 16.6. The molecule has 0 fully saturated rings. The van der Waals surface area contributed by atoms with Gasteiger partial charge in [-0.05, 0) is 35.7 Å². The highest BCUT2D eigenvalue weighted by Gasteiger charge is 2.17. The van der Waals surface area contributed by atoms with Gasteiger partial charge in [0, 0.05) is 24.1 Å². The molecule has 0 radical (unpaired) electrons. The van der Waals surface area contributed by atoms with Crippen molar-refractivity contribution < 1.29 is 18.8 Å². The van der Waals surface area contributed by atoms with Gasteiger partial charge in [-0.25, -0.2) is 0 Å². The molecule has 0 atom stereocenters. The van der Waals surface area contributed by atoms with E-state index in [1.165, 1.54) is 11.1 Å². The van der Waals surface area contributed by atoms with E-state index >= 15 is 0 Å². The fourth-order valence-electron chi connectivity index (χ4n) is 4.21. The summed E-state index contributed by atoms with van der Waals surface area (Å²) in [6, 6.07) is 28.2. The first-order valence-electron chi connectivity index (χ1n) is 11.5. The first-order valence-corrected chi connectivity index (χ1v) is 11.5. The molecule has 6 heteroatoms. The molecule has 1 aromatic heterocycles. The van der Waals surface area contributed by atoms with Crippen LogP contribution in [0.4, 0.5) is 0 Å². The Morgan fingerprint density at radius 1 is 0.853 bits per heavy atom. The first kappa shape index (κ1) is 21.8. The van der Waals surface area contributed by atoms with Gasteiger partial charge in [0.25, 0.3) is 0 Å². The van der Waals surface area contributed by atoms with E-state index in [1.54, 1.807) is 6.07 Å². The number of ether oxygens (including phenoxy) is 2. The van der Waals surface area contributed by atoms with Crippen molar-refractivity contribution in [3.05, 3.63) is 102 Å². The molecule has 34 heavy (non-hydrogen) atoms. The summed E-state index contributed by atoms with van der Waals surface area (Å²) in [6.07, 6.45) is 0.969. The minimum atomic E-state index is -0.0816. The highest BCUT2D eigenvalue weighted by molar-refractivity contribution is 5.78. The van der Waals surface area contributed by atoms with Crippen LogP contribution < -0.4 is 14.8 Å². The summed E-state index contributed by atoms with van der Waals surface area (Å²) in [5.41, 5.74) is 3.90. The third kappa shape index (κ3) is 5.12. The van der Waals surface area contributed by atoms with E-state index < -0.39 is 0 Å². The number of hydrogen-bond acceptors (Lipinski definition) is 5. The number of carbonyl (C=O) groups excluding carboxylic acids is 1. The Labute approximate surface area is 198 Å². The molecule has 0 spiro atoms. The summed E-state index contributed by atoms with van der Waals surface area (Å²) < 4.78 is 16.7. The van der Waals surface area contributed by atoms with Crippen LogP contribution in [-0.2, 0) is 11.2 Å². The van der Waals surface area contributed by atoms with Gasteiger partial charge in [0.2, 0.25) is 5.91 Å².